The molecule has 3 rings (SSSR count). The maximum Gasteiger partial charge on any atom is 0.165 e. The molecule has 0 aliphatic heterocycles. The molecule has 0 atom stereocenters. The van der Waals surface area contributed by atoms with Crippen LogP contribution in [0.2, 0.25) is 0 Å². The Kier molecular flexibility index (Phi) is 6.89. The SMILES string of the molecule is CCOc1cccc(C(C)(C)COCc2ccc(F)c(Oc3ccccc3)c2)c1. The van der Waals surface area contributed by atoms with Crippen LogP contribution in [-0.4, -0.2) is 13.2 Å². The highest BCUT2D eigenvalue weighted by molar-refractivity contribution is 5.35. The summed E-state index contributed by atoms with van der Waals surface area (Å²) in [6.45, 7) is 7.77. The molecule has 0 bridgehead atoms. The predicted molar refractivity (Wildman–Crippen MR) is 113 cm³/mol. The highest BCUT2D eigenvalue weighted by Gasteiger charge is 2.21. The molecule has 3 aromatic carbocycles. The maximum absolute atomic E-state index is 14.1. The third-order valence-corrected chi connectivity index (χ3v) is 4.62. The van der Waals surface area contributed by atoms with E-state index in [1.807, 2.05) is 37.3 Å². The van der Waals surface area contributed by atoms with Gasteiger partial charge in [-0.2, -0.15) is 0 Å². The molecule has 0 aliphatic carbocycles. The summed E-state index contributed by atoms with van der Waals surface area (Å²) in [7, 11) is 0. The second kappa shape index (κ2) is 9.57. The van der Waals surface area contributed by atoms with Crippen molar-refractivity contribution in [3.8, 4) is 17.2 Å². The Hall–Kier alpha value is -2.85. The standard InChI is InChI=1S/C25H27FO3/c1-4-28-22-12-8-9-20(16-22)25(2,3)18-27-17-19-13-14-23(26)24(15-19)29-21-10-6-5-7-11-21/h5-16H,4,17-18H2,1-3H3. The molecule has 3 aromatic rings. The molecule has 0 spiro atoms. The first-order valence-corrected chi connectivity index (χ1v) is 9.80. The minimum Gasteiger partial charge on any atom is -0.494 e. The van der Waals surface area contributed by atoms with Gasteiger partial charge in [0.1, 0.15) is 11.5 Å². The van der Waals surface area contributed by atoms with Crippen molar-refractivity contribution in [3.05, 3.63) is 89.7 Å². The molecule has 0 amide bonds. The number of para-hydroxylation sites is 1. The van der Waals surface area contributed by atoms with Crippen molar-refractivity contribution in [2.75, 3.05) is 13.2 Å². The number of rotatable bonds is 9. The Morgan fingerprint density at radius 3 is 2.38 bits per heavy atom. The molecule has 0 fully saturated rings. The second-order valence-corrected chi connectivity index (χ2v) is 7.52. The fourth-order valence-electron chi connectivity index (χ4n) is 3.01. The first-order valence-electron chi connectivity index (χ1n) is 9.80. The van der Waals surface area contributed by atoms with Gasteiger partial charge in [-0.3, -0.25) is 0 Å². The molecular weight excluding hydrogens is 367 g/mol. The minimum atomic E-state index is -0.398. The summed E-state index contributed by atoms with van der Waals surface area (Å²) in [5, 5.41) is 0. The first-order chi connectivity index (χ1) is 14.0. The zero-order valence-electron chi connectivity index (χ0n) is 17.2. The van der Waals surface area contributed by atoms with Crippen molar-refractivity contribution in [3.63, 3.8) is 0 Å². The van der Waals surface area contributed by atoms with E-state index in [4.69, 9.17) is 14.2 Å². The molecule has 0 saturated heterocycles. The highest BCUT2D eigenvalue weighted by atomic mass is 19.1. The van der Waals surface area contributed by atoms with Crippen LogP contribution in [-0.2, 0) is 16.8 Å². The van der Waals surface area contributed by atoms with Gasteiger partial charge in [0, 0.05) is 5.41 Å². The summed E-state index contributed by atoms with van der Waals surface area (Å²) in [6.07, 6.45) is 0. The molecule has 0 N–H and O–H groups in total. The van der Waals surface area contributed by atoms with Crippen LogP contribution in [0.25, 0.3) is 0 Å². The van der Waals surface area contributed by atoms with Gasteiger partial charge < -0.3 is 14.2 Å². The maximum atomic E-state index is 14.1. The van der Waals surface area contributed by atoms with E-state index in [0.29, 0.717) is 25.6 Å². The Morgan fingerprint density at radius 2 is 1.62 bits per heavy atom. The van der Waals surface area contributed by atoms with E-state index in [1.54, 1.807) is 24.3 Å². The van der Waals surface area contributed by atoms with Crippen molar-refractivity contribution >= 4 is 0 Å². The minimum absolute atomic E-state index is 0.184. The second-order valence-electron chi connectivity index (χ2n) is 7.52. The third-order valence-electron chi connectivity index (χ3n) is 4.62. The van der Waals surface area contributed by atoms with Gasteiger partial charge >= 0.3 is 0 Å². The van der Waals surface area contributed by atoms with Crippen molar-refractivity contribution in [1.29, 1.82) is 0 Å². The van der Waals surface area contributed by atoms with E-state index < -0.39 is 5.82 Å². The lowest BCUT2D eigenvalue weighted by molar-refractivity contribution is 0.0822. The zero-order chi connectivity index (χ0) is 20.7. The number of halogens is 1. The zero-order valence-corrected chi connectivity index (χ0v) is 17.2. The van der Waals surface area contributed by atoms with E-state index in [1.165, 1.54) is 6.07 Å². The van der Waals surface area contributed by atoms with Crippen molar-refractivity contribution in [2.24, 2.45) is 0 Å². The Bertz CT molecular complexity index is 922. The fourth-order valence-corrected chi connectivity index (χ4v) is 3.01. The third kappa shape index (κ3) is 5.81. The molecule has 0 heterocycles. The van der Waals surface area contributed by atoms with Gasteiger partial charge in [-0.15, -0.1) is 0 Å². The van der Waals surface area contributed by atoms with Gasteiger partial charge in [-0.05, 0) is 54.4 Å². The van der Waals surface area contributed by atoms with Crippen molar-refractivity contribution in [2.45, 2.75) is 32.8 Å². The molecule has 29 heavy (non-hydrogen) atoms. The number of benzene rings is 3. The van der Waals surface area contributed by atoms with Crippen LogP contribution in [0.3, 0.4) is 0 Å². The van der Waals surface area contributed by atoms with Gasteiger partial charge in [-0.1, -0.05) is 50.2 Å². The van der Waals surface area contributed by atoms with Crippen LogP contribution in [0.4, 0.5) is 4.39 Å². The monoisotopic (exact) mass is 394 g/mol. The van der Waals surface area contributed by atoms with E-state index in [0.717, 1.165) is 16.9 Å². The highest BCUT2D eigenvalue weighted by Crippen LogP contribution is 2.28. The normalized spacial score (nSPS) is 11.3. The van der Waals surface area contributed by atoms with Gasteiger partial charge in [-0.25, -0.2) is 4.39 Å². The van der Waals surface area contributed by atoms with Gasteiger partial charge in [0.15, 0.2) is 11.6 Å². The molecule has 152 valence electrons. The summed E-state index contributed by atoms with van der Waals surface area (Å²) >= 11 is 0. The van der Waals surface area contributed by atoms with Crippen LogP contribution in [0.1, 0.15) is 31.9 Å². The van der Waals surface area contributed by atoms with Crippen LogP contribution in [0.5, 0.6) is 17.2 Å². The number of hydrogen-bond donors (Lipinski definition) is 0. The summed E-state index contributed by atoms with van der Waals surface area (Å²) in [6, 6.07) is 22.1. The van der Waals surface area contributed by atoms with E-state index in [2.05, 4.69) is 26.0 Å². The molecule has 3 nitrogen and oxygen atoms in total. The largest absolute Gasteiger partial charge is 0.494 e. The quantitative estimate of drug-likeness (QED) is 0.414. The summed E-state index contributed by atoms with van der Waals surface area (Å²) < 4.78 is 31.3. The van der Waals surface area contributed by atoms with Gasteiger partial charge in [0.05, 0.1) is 19.8 Å². The molecule has 0 radical (unpaired) electrons. The van der Waals surface area contributed by atoms with Gasteiger partial charge in [0.25, 0.3) is 0 Å². The smallest absolute Gasteiger partial charge is 0.165 e. The molecule has 0 aromatic heterocycles. The topological polar surface area (TPSA) is 27.7 Å². The van der Waals surface area contributed by atoms with E-state index in [-0.39, 0.29) is 11.2 Å². The summed E-state index contributed by atoms with van der Waals surface area (Å²) in [5.41, 5.74) is 1.82. The lowest BCUT2D eigenvalue weighted by Crippen LogP contribution is -2.24. The molecule has 0 saturated carbocycles. The molecule has 0 unspecified atom stereocenters. The fraction of sp³-hybridized carbons (Fsp3) is 0.280. The van der Waals surface area contributed by atoms with Crippen LogP contribution in [0.15, 0.2) is 72.8 Å². The van der Waals surface area contributed by atoms with Crippen LogP contribution in [0, 0.1) is 5.82 Å². The summed E-state index contributed by atoms with van der Waals surface area (Å²) in [5.74, 6) is 1.26. The molecular formula is C25H27FO3. The van der Waals surface area contributed by atoms with Crippen molar-refractivity contribution in [1.82, 2.24) is 0 Å². The van der Waals surface area contributed by atoms with E-state index >= 15 is 0 Å². The Balaban J connectivity index is 1.62. The van der Waals surface area contributed by atoms with E-state index in [9.17, 15) is 4.39 Å². The number of ether oxygens (including phenoxy) is 3. The average Bonchev–Trinajstić information content (AvgIpc) is 2.71. The average molecular weight is 394 g/mol. The van der Waals surface area contributed by atoms with Crippen molar-refractivity contribution < 1.29 is 18.6 Å². The van der Waals surface area contributed by atoms with Gasteiger partial charge in [0.2, 0.25) is 0 Å². The lowest BCUT2D eigenvalue weighted by atomic mass is 9.85. The van der Waals surface area contributed by atoms with Crippen LogP contribution >= 0.6 is 0 Å². The lowest BCUT2D eigenvalue weighted by Gasteiger charge is -2.25. The first kappa shape index (κ1) is 20.9. The number of hydrogen-bond acceptors (Lipinski definition) is 3. The summed E-state index contributed by atoms with van der Waals surface area (Å²) in [4.78, 5) is 0. The Labute approximate surface area is 172 Å². The Morgan fingerprint density at radius 1 is 0.862 bits per heavy atom. The van der Waals surface area contributed by atoms with Crippen LogP contribution < -0.4 is 9.47 Å². The predicted octanol–water partition coefficient (Wildman–Crippen LogP) is 6.51. The molecule has 0 aliphatic rings. The molecule has 4 heteroatoms.